The van der Waals surface area contributed by atoms with E-state index in [2.05, 4.69) is 26.1 Å². The normalized spacial score (nSPS) is 15.8. The van der Waals surface area contributed by atoms with E-state index < -0.39 is 0 Å². The van der Waals surface area contributed by atoms with Gasteiger partial charge in [0.2, 0.25) is 5.82 Å². The topological polar surface area (TPSA) is 59.2 Å². The molecule has 4 rings (SSSR count). The van der Waals surface area contributed by atoms with E-state index in [0.717, 1.165) is 35.0 Å². The Bertz CT molecular complexity index is 745. The predicted molar refractivity (Wildman–Crippen MR) is 85.9 cm³/mol. The van der Waals surface area contributed by atoms with E-state index in [1.54, 1.807) is 17.5 Å². The average Bonchev–Trinajstić information content (AvgIpc) is 3.28. The van der Waals surface area contributed by atoms with Crippen LogP contribution in [0.2, 0.25) is 0 Å². The van der Waals surface area contributed by atoms with Crippen LogP contribution in [0.3, 0.4) is 0 Å². The summed E-state index contributed by atoms with van der Waals surface area (Å²) in [5.74, 6) is 0.728. The summed E-state index contributed by atoms with van der Waals surface area (Å²) >= 11 is 1.55. The van der Waals surface area contributed by atoms with E-state index >= 15 is 0 Å². The highest BCUT2D eigenvalue weighted by molar-refractivity contribution is 7.13. The van der Waals surface area contributed by atoms with Crippen LogP contribution in [0.4, 0.5) is 0 Å². The van der Waals surface area contributed by atoms with Gasteiger partial charge in [0.15, 0.2) is 10.7 Å². The predicted octanol–water partition coefficient (Wildman–Crippen LogP) is 2.28. The molecule has 0 N–H and O–H groups in total. The smallest absolute Gasteiger partial charge is 0.214 e. The first-order chi connectivity index (χ1) is 10.9. The molecule has 0 spiro atoms. The Morgan fingerprint density at radius 3 is 2.86 bits per heavy atom. The third kappa shape index (κ3) is 2.74. The maximum Gasteiger partial charge on any atom is 0.214 e. The highest BCUT2D eigenvalue weighted by Gasteiger charge is 2.13. The van der Waals surface area contributed by atoms with Crippen molar-refractivity contribution in [2.24, 2.45) is 0 Å². The Kier molecular flexibility index (Phi) is 3.82. The summed E-state index contributed by atoms with van der Waals surface area (Å²) in [5.41, 5.74) is 1.86. The van der Waals surface area contributed by atoms with E-state index in [9.17, 15) is 0 Å². The number of aryl methyl sites for hydroxylation is 1. The van der Waals surface area contributed by atoms with Gasteiger partial charge in [0.25, 0.3) is 0 Å². The summed E-state index contributed by atoms with van der Waals surface area (Å²) < 4.78 is 1.81. The van der Waals surface area contributed by atoms with E-state index in [1.807, 2.05) is 16.0 Å². The molecule has 1 aliphatic heterocycles. The Hall–Kier alpha value is -1.86. The summed E-state index contributed by atoms with van der Waals surface area (Å²) in [7, 11) is 0. The van der Waals surface area contributed by atoms with E-state index in [4.69, 9.17) is 5.10 Å². The average molecular weight is 314 g/mol. The van der Waals surface area contributed by atoms with Crippen LogP contribution in [0.1, 0.15) is 25.0 Å². The molecule has 4 heterocycles. The molecule has 0 saturated carbocycles. The molecule has 7 heteroatoms. The summed E-state index contributed by atoms with van der Waals surface area (Å²) in [4.78, 5) is 6.84. The maximum absolute atomic E-state index is 4.70. The van der Waals surface area contributed by atoms with E-state index in [0.29, 0.717) is 0 Å². The Morgan fingerprint density at radius 2 is 2.05 bits per heavy atom. The fourth-order valence-corrected chi connectivity index (χ4v) is 3.52. The lowest BCUT2D eigenvalue weighted by Gasteiger charge is -2.13. The number of hydrogen-bond donors (Lipinski definition) is 0. The van der Waals surface area contributed by atoms with Crippen molar-refractivity contribution < 1.29 is 0 Å². The minimum atomic E-state index is 0.728. The quantitative estimate of drug-likeness (QED) is 0.723. The number of fused-ring (bicyclic) bond motifs is 1. The molecule has 3 aromatic rings. The molecule has 0 radical (unpaired) electrons. The third-order valence-corrected chi connectivity index (χ3v) is 4.82. The molecule has 22 heavy (non-hydrogen) atoms. The number of rotatable bonds is 5. The largest absolute Gasteiger partial charge is 0.303 e. The van der Waals surface area contributed by atoms with Crippen LogP contribution in [-0.2, 0) is 6.42 Å². The van der Waals surface area contributed by atoms with Gasteiger partial charge in [-0.3, -0.25) is 0 Å². The molecular formula is C15H18N6S. The van der Waals surface area contributed by atoms with Crippen molar-refractivity contribution in [3.63, 3.8) is 0 Å². The van der Waals surface area contributed by atoms with Gasteiger partial charge >= 0.3 is 0 Å². The zero-order chi connectivity index (χ0) is 14.8. The van der Waals surface area contributed by atoms with Gasteiger partial charge in [-0.15, -0.1) is 21.5 Å². The maximum atomic E-state index is 4.70. The standard InChI is InChI=1S/C15H18N6S/c1-2-9-20(8-1)10-3-4-12-5-6-13-17-18-14(21(13)19-12)15-16-7-11-22-15/h5-7,11H,1-4,8-10H2. The van der Waals surface area contributed by atoms with Gasteiger partial charge in [0.1, 0.15) is 0 Å². The second-order valence-electron chi connectivity index (χ2n) is 5.61. The summed E-state index contributed by atoms with van der Waals surface area (Å²) in [6, 6.07) is 4.04. The number of hydrogen-bond acceptors (Lipinski definition) is 6. The van der Waals surface area contributed by atoms with Crippen molar-refractivity contribution in [2.45, 2.75) is 25.7 Å². The summed E-state index contributed by atoms with van der Waals surface area (Å²) in [6.07, 6.45) is 6.61. The lowest BCUT2D eigenvalue weighted by atomic mass is 10.2. The number of likely N-dealkylation sites (tertiary alicyclic amines) is 1. The van der Waals surface area contributed by atoms with Crippen LogP contribution in [0.15, 0.2) is 23.7 Å². The molecule has 0 aliphatic carbocycles. The van der Waals surface area contributed by atoms with Crippen LogP contribution in [0, 0.1) is 0 Å². The van der Waals surface area contributed by atoms with Crippen molar-refractivity contribution in [1.29, 1.82) is 0 Å². The molecular weight excluding hydrogens is 296 g/mol. The van der Waals surface area contributed by atoms with Crippen LogP contribution in [0.25, 0.3) is 16.5 Å². The van der Waals surface area contributed by atoms with E-state index in [-0.39, 0.29) is 0 Å². The molecule has 0 atom stereocenters. The molecule has 0 amide bonds. The lowest BCUT2D eigenvalue weighted by Crippen LogP contribution is -2.20. The first-order valence-corrected chi connectivity index (χ1v) is 8.62. The van der Waals surface area contributed by atoms with Gasteiger partial charge in [0, 0.05) is 11.6 Å². The number of thiazole rings is 1. The van der Waals surface area contributed by atoms with Gasteiger partial charge < -0.3 is 4.90 Å². The van der Waals surface area contributed by atoms with Crippen LogP contribution >= 0.6 is 11.3 Å². The van der Waals surface area contributed by atoms with Gasteiger partial charge in [-0.05, 0) is 57.5 Å². The molecule has 0 unspecified atom stereocenters. The first-order valence-electron chi connectivity index (χ1n) is 7.74. The highest BCUT2D eigenvalue weighted by atomic mass is 32.1. The zero-order valence-corrected chi connectivity index (χ0v) is 13.2. The molecule has 1 saturated heterocycles. The lowest BCUT2D eigenvalue weighted by molar-refractivity contribution is 0.333. The SMILES string of the molecule is c1csc(-c2nnc3ccc(CCCN4CCCC4)nn23)n1. The summed E-state index contributed by atoms with van der Waals surface area (Å²) in [6.45, 7) is 3.68. The van der Waals surface area contributed by atoms with Crippen molar-refractivity contribution in [3.05, 3.63) is 29.4 Å². The minimum absolute atomic E-state index is 0.728. The molecule has 1 aliphatic rings. The number of nitrogens with zero attached hydrogens (tertiary/aromatic N) is 6. The number of aromatic nitrogens is 5. The molecule has 114 valence electrons. The second-order valence-corrected chi connectivity index (χ2v) is 6.50. The first kappa shape index (κ1) is 13.8. The zero-order valence-electron chi connectivity index (χ0n) is 12.4. The second kappa shape index (κ2) is 6.10. The Morgan fingerprint density at radius 1 is 1.14 bits per heavy atom. The van der Waals surface area contributed by atoms with Crippen LogP contribution < -0.4 is 0 Å². The highest BCUT2D eigenvalue weighted by Crippen LogP contribution is 2.20. The Balaban J connectivity index is 1.51. The minimum Gasteiger partial charge on any atom is -0.303 e. The third-order valence-electron chi connectivity index (χ3n) is 4.05. The van der Waals surface area contributed by atoms with Gasteiger partial charge in [-0.1, -0.05) is 0 Å². The van der Waals surface area contributed by atoms with Crippen molar-refractivity contribution in [3.8, 4) is 10.8 Å². The monoisotopic (exact) mass is 314 g/mol. The van der Waals surface area contributed by atoms with Crippen molar-refractivity contribution in [1.82, 2.24) is 29.7 Å². The fourth-order valence-electron chi connectivity index (χ4n) is 2.92. The fraction of sp³-hybridized carbons (Fsp3) is 0.467. The van der Waals surface area contributed by atoms with E-state index in [1.165, 1.54) is 32.5 Å². The molecule has 0 aromatic carbocycles. The van der Waals surface area contributed by atoms with Gasteiger partial charge in [-0.25, -0.2) is 4.98 Å². The van der Waals surface area contributed by atoms with Crippen molar-refractivity contribution in [2.75, 3.05) is 19.6 Å². The van der Waals surface area contributed by atoms with Crippen LogP contribution in [-0.4, -0.2) is 49.3 Å². The molecule has 1 fully saturated rings. The summed E-state index contributed by atoms with van der Waals surface area (Å²) in [5, 5.41) is 15.9. The molecule has 6 nitrogen and oxygen atoms in total. The molecule has 0 bridgehead atoms. The van der Waals surface area contributed by atoms with Gasteiger partial charge in [0.05, 0.1) is 5.69 Å². The molecule has 3 aromatic heterocycles. The van der Waals surface area contributed by atoms with Crippen LogP contribution in [0.5, 0.6) is 0 Å². The van der Waals surface area contributed by atoms with Gasteiger partial charge in [-0.2, -0.15) is 9.61 Å². The van der Waals surface area contributed by atoms with Crippen molar-refractivity contribution >= 4 is 17.0 Å². The Labute approximate surface area is 132 Å².